The Labute approximate surface area is 258 Å². The second kappa shape index (κ2) is 16.0. The molecule has 1 aliphatic rings. The van der Waals surface area contributed by atoms with Crippen LogP contribution in [0, 0.1) is 0 Å². The minimum atomic E-state index is -5.57. The molecule has 1 aliphatic heterocycles. The molecule has 6 nitrogen and oxygen atoms in total. The minimum Gasteiger partial charge on any atom is -0.508 e. The van der Waals surface area contributed by atoms with Crippen molar-refractivity contribution in [1.82, 2.24) is 0 Å². The van der Waals surface area contributed by atoms with E-state index in [1.807, 2.05) is 18.2 Å². The quantitative estimate of drug-likeness (QED) is 0.0797. The maximum atomic E-state index is 13.0. The molecule has 3 rings (SSSR count). The number of unbranched alkanes of at least 4 members (excludes halogenated alkanes) is 6. The Bertz CT molecular complexity index is 1240. The van der Waals surface area contributed by atoms with Crippen LogP contribution >= 0.6 is 0 Å². The lowest BCUT2D eigenvalue weighted by molar-refractivity contribution is -0.284. The van der Waals surface area contributed by atoms with Crippen LogP contribution in [0.4, 0.5) is 22.0 Å². The number of phenols is 1. The molecule has 1 heterocycles. The average molecular weight is 648 g/mol. The smallest absolute Gasteiger partial charge is 0.453 e. The van der Waals surface area contributed by atoms with Gasteiger partial charge in [-0.2, -0.15) is 22.0 Å². The molecular weight excluding hydrogens is 605 g/mol. The van der Waals surface area contributed by atoms with Gasteiger partial charge in [0, 0.05) is 46.1 Å². The third-order valence-corrected chi connectivity index (χ3v) is 9.71. The van der Waals surface area contributed by atoms with Crippen molar-refractivity contribution >= 4 is 16.8 Å². The van der Waals surface area contributed by atoms with Crippen LogP contribution in [0.15, 0.2) is 42.5 Å². The molecule has 3 atom stereocenters. The van der Waals surface area contributed by atoms with Crippen molar-refractivity contribution in [3.63, 3.8) is 0 Å². The average Bonchev–Trinajstić information content (AvgIpc) is 2.96. The number of fused-ring (bicyclic) bond motifs is 1. The van der Waals surface area contributed by atoms with Crippen LogP contribution in [0.3, 0.4) is 0 Å². The molecule has 44 heavy (non-hydrogen) atoms. The molecule has 0 saturated carbocycles. The fourth-order valence-corrected chi connectivity index (χ4v) is 6.83. The van der Waals surface area contributed by atoms with Gasteiger partial charge in [0.1, 0.15) is 17.2 Å². The van der Waals surface area contributed by atoms with Crippen molar-refractivity contribution < 1.29 is 45.5 Å². The van der Waals surface area contributed by atoms with Crippen LogP contribution in [0.5, 0.6) is 17.2 Å². The second-order valence-electron chi connectivity index (χ2n) is 11.6. The van der Waals surface area contributed by atoms with Crippen LogP contribution in [0.25, 0.3) is 0 Å². The molecule has 0 saturated heterocycles. The van der Waals surface area contributed by atoms with Crippen LogP contribution in [-0.4, -0.2) is 52.0 Å². The van der Waals surface area contributed by atoms with Gasteiger partial charge in [-0.05, 0) is 48.6 Å². The maximum Gasteiger partial charge on any atom is 0.453 e. The van der Waals surface area contributed by atoms with E-state index in [-0.39, 0.29) is 29.4 Å². The van der Waals surface area contributed by atoms with Crippen LogP contribution in [0.1, 0.15) is 88.2 Å². The fraction of sp³-hybridized carbons (Fsp3) is 0.594. The Morgan fingerprint density at radius 3 is 2.23 bits per heavy atom. The van der Waals surface area contributed by atoms with E-state index in [4.69, 9.17) is 15.2 Å². The van der Waals surface area contributed by atoms with Crippen molar-refractivity contribution in [2.75, 3.05) is 24.7 Å². The van der Waals surface area contributed by atoms with Crippen LogP contribution < -0.4 is 15.2 Å². The van der Waals surface area contributed by atoms with Crippen molar-refractivity contribution in [1.29, 1.82) is 0 Å². The normalized spacial score (nSPS) is 19.2. The van der Waals surface area contributed by atoms with E-state index >= 15 is 0 Å². The zero-order chi connectivity index (χ0) is 32.4. The predicted molar refractivity (Wildman–Crippen MR) is 160 cm³/mol. The first-order valence-corrected chi connectivity index (χ1v) is 16.5. The van der Waals surface area contributed by atoms with E-state index in [0.29, 0.717) is 30.3 Å². The number of carbonyl (C=O) groups excluding carboxylic acids is 1. The fourth-order valence-electron chi connectivity index (χ4n) is 5.64. The molecule has 0 amide bonds. The number of alkyl halides is 5. The molecule has 2 aromatic rings. The number of esters is 1. The molecule has 0 bridgehead atoms. The second-order valence-corrected chi connectivity index (χ2v) is 13.3. The summed E-state index contributed by atoms with van der Waals surface area (Å²) in [6, 6.07) is 12.6. The van der Waals surface area contributed by atoms with E-state index in [1.165, 1.54) is 0 Å². The zero-order valence-corrected chi connectivity index (χ0v) is 25.8. The van der Waals surface area contributed by atoms with Gasteiger partial charge in [0.25, 0.3) is 0 Å². The highest BCUT2D eigenvalue weighted by atomic mass is 32.2. The molecule has 3 N–H and O–H groups in total. The lowest BCUT2D eigenvalue weighted by Crippen LogP contribution is -2.40. The van der Waals surface area contributed by atoms with Gasteiger partial charge in [0.05, 0.1) is 13.2 Å². The monoisotopic (exact) mass is 647 g/mol. The van der Waals surface area contributed by atoms with Crippen molar-refractivity contribution in [3.8, 4) is 17.2 Å². The number of nitrogens with two attached hydrogens (primary N) is 1. The summed E-state index contributed by atoms with van der Waals surface area (Å²) in [5.74, 6) is -3.73. The first-order valence-electron chi connectivity index (χ1n) is 15.0. The predicted octanol–water partition coefficient (Wildman–Crippen LogP) is 7.54. The molecule has 0 fully saturated rings. The first kappa shape index (κ1) is 35.7. The van der Waals surface area contributed by atoms with E-state index in [9.17, 15) is 36.1 Å². The summed E-state index contributed by atoms with van der Waals surface area (Å²) in [4.78, 5) is 11.6. The number of hydrogen-bond donors (Lipinski definition) is 2. The third-order valence-electron chi connectivity index (χ3n) is 8.22. The van der Waals surface area contributed by atoms with Gasteiger partial charge in [0.15, 0.2) is 0 Å². The maximum absolute atomic E-state index is 13.0. The first-order chi connectivity index (χ1) is 20.8. The van der Waals surface area contributed by atoms with Crippen LogP contribution in [0.2, 0.25) is 0 Å². The van der Waals surface area contributed by atoms with Gasteiger partial charge in [0.2, 0.25) is 0 Å². The Hall–Kier alpha value is -2.73. The van der Waals surface area contributed by atoms with Gasteiger partial charge in [-0.15, -0.1) is 0 Å². The van der Waals surface area contributed by atoms with Gasteiger partial charge in [-0.3, -0.25) is 9.00 Å². The summed E-state index contributed by atoms with van der Waals surface area (Å²) in [5.41, 5.74) is 7.05. The number of aromatic hydroxyl groups is 1. The molecular formula is C32H42F5NO5S. The zero-order valence-electron chi connectivity index (χ0n) is 25.0. The van der Waals surface area contributed by atoms with E-state index in [0.717, 1.165) is 56.1 Å². The van der Waals surface area contributed by atoms with E-state index < -0.39 is 41.7 Å². The van der Waals surface area contributed by atoms with Gasteiger partial charge >= 0.3 is 18.1 Å². The highest BCUT2D eigenvalue weighted by Crippen LogP contribution is 2.50. The molecule has 2 aromatic carbocycles. The lowest BCUT2D eigenvalue weighted by atomic mass is 9.66. The molecule has 12 heteroatoms. The molecule has 0 spiro atoms. The van der Waals surface area contributed by atoms with Crippen LogP contribution in [-0.2, 0) is 21.0 Å². The van der Waals surface area contributed by atoms with Gasteiger partial charge < -0.3 is 20.3 Å². The van der Waals surface area contributed by atoms with Gasteiger partial charge in [-0.25, -0.2) is 0 Å². The summed E-state index contributed by atoms with van der Waals surface area (Å²) in [5, 5.41) is 9.99. The number of benzene rings is 2. The summed E-state index contributed by atoms with van der Waals surface area (Å²) in [6.45, 7) is 2.37. The third kappa shape index (κ3) is 9.89. The number of carbonyl (C=O) groups is 1. The number of phenolic OH excluding ortho intramolecular Hbond substituents is 1. The Morgan fingerprint density at radius 2 is 1.59 bits per heavy atom. The number of hydrogen-bond acceptors (Lipinski definition) is 6. The highest BCUT2D eigenvalue weighted by Gasteiger charge is 2.56. The lowest BCUT2D eigenvalue weighted by Gasteiger charge is -2.43. The minimum absolute atomic E-state index is 0.121. The van der Waals surface area contributed by atoms with E-state index in [2.05, 4.69) is 6.92 Å². The standard InChI is InChI=1S/C32H42F5NO5S/c1-30(23-11-14-25(15-12-23)43-29(40)21-38)22-42-28-20-24(39)13-16-26(28)27(30)10-7-5-3-2-4-6-8-18-44(41)19-9-17-31(33,34)32(35,36)37/h11-16,20,27,39H,2-10,17-19,21-22,38H2,1H3. The van der Waals surface area contributed by atoms with Crippen molar-refractivity contribution in [2.45, 2.75) is 94.6 Å². The Balaban J connectivity index is 1.44. The molecule has 0 aliphatic carbocycles. The number of ether oxygens (including phenoxy) is 2. The van der Waals surface area contributed by atoms with E-state index in [1.54, 1.807) is 24.3 Å². The SMILES string of the molecule is CC1(c2ccc(OC(=O)CN)cc2)COc2cc(O)ccc2C1CCCCCCCCCS(=O)CCCC(F)(F)C(F)(F)F. The molecule has 246 valence electrons. The summed E-state index contributed by atoms with van der Waals surface area (Å²) in [6.07, 6.45) is -0.0321. The number of rotatable bonds is 17. The van der Waals surface area contributed by atoms with Crippen molar-refractivity contribution in [3.05, 3.63) is 53.6 Å². The largest absolute Gasteiger partial charge is 0.508 e. The summed E-state index contributed by atoms with van der Waals surface area (Å²) >= 11 is 0. The molecule has 0 radical (unpaired) electrons. The topological polar surface area (TPSA) is 98.8 Å². The highest BCUT2D eigenvalue weighted by molar-refractivity contribution is 7.84. The van der Waals surface area contributed by atoms with Gasteiger partial charge in [-0.1, -0.05) is 63.6 Å². The molecule has 3 unspecified atom stereocenters. The summed E-state index contributed by atoms with van der Waals surface area (Å²) < 4.78 is 85.9. The number of halogens is 5. The Kier molecular flexibility index (Phi) is 13.0. The van der Waals surface area contributed by atoms with Crippen molar-refractivity contribution in [2.24, 2.45) is 5.73 Å². The Morgan fingerprint density at radius 1 is 0.977 bits per heavy atom. The summed E-state index contributed by atoms with van der Waals surface area (Å²) in [7, 11) is -1.40. The molecule has 0 aromatic heterocycles.